The summed E-state index contributed by atoms with van der Waals surface area (Å²) in [6, 6.07) is 19.6. The first-order valence-corrected chi connectivity index (χ1v) is 10.8. The predicted molar refractivity (Wildman–Crippen MR) is 136 cm³/mol. The van der Waals surface area contributed by atoms with Gasteiger partial charge in [-0.05, 0) is 55.3 Å². The summed E-state index contributed by atoms with van der Waals surface area (Å²) in [6.07, 6.45) is 0. The maximum atomic E-state index is 13.2. The third-order valence-corrected chi connectivity index (χ3v) is 5.65. The van der Waals surface area contributed by atoms with Crippen LogP contribution in [0.1, 0.15) is 21.5 Å². The largest absolute Gasteiger partial charge is 0.508 e. The molecule has 4 aromatic carbocycles. The van der Waals surface area contributed by atoms with E-state index in [1.165, 1.54) is 6.07 Å². The maximum Gasteiger partial charge on any atom is 0.259 e. The Morgan fingerprint density at radius 3 is 2.21 bits per heavy atom. The van der Waals surface area contributed by atoms with Crippen molar-refractivity contribution < 1.29 is 15.0 Å². The Balaban J connectivity index is 1.79. The molecule has 0 saturated heterocycles. The normalized spacial score (nSPS) is 11.2. The van der Waals surface area contributed by atoms with Crippen LogP contribution in [0.4, 0.5) is 22.7 Å². The summed E-state index contributed by atoms with van der Waals surface area (Å²) in [6.45, 7) is 3.63. The van der Waals surface area contributed by atoms with E-state index >= 15 is 0 Å². The van der Waals surface area contributed by atoms with E-state index < -0.39 is 5.91 Å². The van der Waals surface area contributed by atoms with Gasteiger partial charge in [0.1, 0.15) is 11.5 Å². The van der Waals surface area contributed by atoms with Crippen molar-refractivity contribution in [1.82, 2.24) is 0 Å². The fourth-order valence-electron chi connectivity index (χ4n) is 3.76. The van der Waals surface area contributed by atoms with Crippen molar-refractivity contribution in [1.29, 1.82) is 0 Å². The number of phenolic OH excluding ortho intramolecular Hbond substituents is 2. The SMILES string of the molecule is Cc1cc(N=Nc2cc(C(=O)Nc3ccccc3N(C)C)c(O)c3ccccc23)c(C)cc1O. The van der Waals surface area contributed by atoms with E-state index in [9.17, 15) is 15.0 Å². The van der Waals surface area contributed by atoms with E-state index in [0.29, 0.717) is 33.4 Å². The van der Waals surface area contributed by atoms with Gasteiger partial charge in [0.25, 0.3) is 5.91 Å². The van der Waals surface area contributed by atoms with Gasteiger partial charge >= 0.3 is 0 Å². The number of hydrogen-bond donors (Lipinski definition) is 3. The summed E-state index contributed by atoms with van der Waals surface area (Å²) in [5.41, 5.74) is 4.09. The van der Waals surface area contributed by atoms with E-state index in [4.69, 9.17) is 0 Å². The number of benzene rings is 4. The second-order valence-electron chi connectivity index (χ2n) is 8.33. The number of carbonyl (C=O) groups excluding carboxylic acids is 1. The fraction of sp³-hybridized carbons (Fsp3) is 0.148. The Labute approximate surface area is 198 Å². The molecule has 0 radical (unpaired) electrons. The Morgan fingerprint density at radius 2 is 1.47 bits per heavy atom. The van der Waals surface area contributed by atoms with E-state index in [0.717, 1.165) is 11.3 Å². The molecule has 7 heteroatoms. The van der Waals surface area contributed by atoms with Crippen molar-refractivity contribution in [3.63, 3.8) is 0 Å². The predicted octanol–water partition coefficient (Wildman–Crippen LogP) is 6.60. The van der Waals surface area contributed by atoms with Crippen LogP contribution in [0.3, 0.4) is 0 Å². The minimum atomic E-state index is -0.453. The summed E-state index contributed by atoms with van der Waals surface area (Å²) in [4.78, 5) is 15.1. The third kappa shape index (κ3) is 4.41. The molecule has 0 aliphatic carbocycles. The van der Waals surface area contributed by atoms with Gasteiger partial charge in [-0.25, -0.2) is 0 Å². The zero-order valence-corrected chi connectivity index (χ0v) is 19.5. The number of amides is 1. The number of hydrogen-bond acceptors (Lipinski definition) is 6. The van der Waals surface area contributed by atoms with Gasteiger partial charge in [-0.3, -0.25) is 4.79 Å². The Bertz CT molecular complexity index is 1430. The molecule has 0 aliphatic rings. The van der Waals surface area contributed by atoms with Gasteiger partial charge in [0.15, 0.2) is 0 Å². The first-order chi connectivity index (χ1) is 16.3. The molecular weight excluding hydrogens is 428 g/mol. The number of rotatable bonds is 5. The number of fused-ring (bicyclic) bond motifs is 1. The van der Waals surface area contributed by atoms with E-state index in [1.807, 2.05) is 62.3 Å². The van der Waals surface area contributed by atoms with Crippen LogP contribution in [0.25, 0.3) is 10.8 Å². The number of phenols is 2. The zero-order valence-electron chi connectivity index (χ0n) is 19.5. The van der Waals surface area contributed by atoms with Crippen molar-refractivity contribution in [3.05, 3.63) is 83.4 Å². The highest BCUT2D eigenvalue weighted by atomic mass is 16.3. The lowest BCUT2D eigenvalue weighted by Gasteiger charge is -2.18. The van der Waals surface area contributed by atoms with Crippen LogP contribution in [-0.4, -0.2) is 30.2 Å². The maximum absolute atomic E-state index is 13.2. The zero-order chi connectivity index (χ0) is 24.4. The van der Waals surface area contributed by atoms with Crippen LogP contribution < -0.4 is 10.2 Å². The highest BCUT2D eigenvalue weighted by Crippen LogP contribution is 2.38. The van der Waals surface area contributed by atoms with Crippen molar-refractivity contribution in [3.8, 4) is 11.5 Å². The Morgan fingerprint density at radius 1 is 0.824 bits per heavy atom. The fourth-order valence-corrected chi connectivity index (χ4v) is 3.76. The molecule has 34 heavy (non-hydrogen) atoms. The number of anilines is 2. The van der Waals surface area contributed by atoms with Gasteiger partial charge in [-0.1, -0.05) is 36.4 Å². The first-order valence-electron chi connectivity index (χ1n) is 10.8. The first kappa shape index (κ1) is 22.8. The molecule has 0 fully saturated rings. The van der Waals surface area contributed by atoms with E-state index in [1.54, 1.807) is 31.2 Å². The van der Waals surface area contributed by atoms with Crippen molar-refractivity contribution in [2.24, 2.45) is 10.2 Å². The van der Waals surface area contributed by atoms with Crippen molar-refractivity contribution in [2.75, 3.05) is 24.3 Å². The molecule has 0 aromatic heterocycles. The molecule has 4 rings (SSSR count). The molecule has 7 nitrogen and oxygen atoms in total. The lowest BCUT2D eigenvalue weighted by atomic mass is 10.0. The van der Waals surface area contributed by atoms with Gasteiger partial charge < -0.3 is 20.4 Å². The Hall–Kier alpha value is -4.39. The summed E-state index contributed by atoms with van der Waals surface area (Å²) in [5, 5.41) is 33.7. The number of nitrogens with one attached hydrogen (secondary N) is 1. The minimum absolute atomic E-state index is 0.0971. The van der Waals surface area contributed by atoms with Crippen LogP contribution in [0, 0.1) is 13.8 Å². The topological polar surface area (TPSA) is 97.5 Å². The molecule has 1 amide bonds. The summed E-state index contributed by atoms with van der Waals surface area (Å²) < 4.78 is 0. The molecule has 0 unspecified atom stereocenters. The van der Waals surface area contributed by atoms with Crippen LogP contribution >= 0.6 is 0 Å². The van der Waals surface area contributed by atoms with E-state index in [-0.39, 0.29) is 17.1 Å². The van der Waals surface area contributed by atoms with Gasteiger partial charge in [-0.2, -0.15) is 5.11 Å². The smallest absolute Gasteiger partial charge is 0.259 e. The van der Waals surface area contributed by atoms with Gasteiger partial charge in [-0.15, -0.1) is 5.11 Å². The van der Waals surface area contributed by atoms with Crippen LogP contribution in [-0.2, 0) is 0 Å². The standard InChI is InChI=1S/C27H26N4O3/c1-16-14-25(32)17(2)13-22(16)29-30-23-15-20(26(33)19-10-6-5-9-18(19)23)27(34)28-21-11-7-8-12-24(21)31(3)4/h5-15,32-33H,1-4H3,(H,28,34). The molecular formula is C27H26N4O3. The average Bonchev–Trinajstić information content (AvgIpc) is 2.82. The highest BCUT2D eigenvalue weighted by Gasteiger charge is 2.19. The monoisotopic (exact) mass is 454 g/mol. The highest BCUT2D eigenvalue weighted by molar-refractivity contribution is 6.13. The second-order valence-corrected chi connectivity index (χ2v) is 8.33. The molecule has 0 saturated carbocycles. The molecule has 4 aromatic rings. The molecule has 0 heterocycles. The third-order valence-electron chi connectivity index (χ3n) is 5.65. The number of aromatic hydroxyl groups is 2. The van der Waals surface area contributed by atoms with Gasteiger partial charge in [0.05, 0.1) is 28.3 Å². The number of para-hydroxylation sites is 2. The lowest BCUT2D eigenvalue weighted by Crippen LogP contribution is -2.16. The van der Waals surface area contributed by atoms with Crippen molar-refractivity contribution in [2.45, 2.75) is 13.8 Å². The number of azo groups is 1. The lowest BCUT2D eigenvalue weighted by molar-refractivity contribution is 0.102. The molecule has 0 atom stereocenters. The summed E-state index contributed by atoms with van der Waals surface area (Å²) in [7, 11) is 3.79. The quantitative estimate of drug-likeness (QED) is 0.296. The number of nitrogens with zero attached hydrogens (tertiary/aromatic N) is 3. The van der Waals surface area contributed by atoms with Gasteiger partial charge in [0, 0.05) is 24.9 Å². The number of carbonyl (C=O) groups is 1. The van der Waals surface area contributed by atoms with Crippen LogP contribution in [0.5, 0.6) is 11.5 Å². The van der Waals surface area contributed by atoms with Gasteiger partial charge in [0.2, 0.25) is 0 Å². The Kier molecular flexibility index (Phi) is 6.19. The number of aryl methyl sites for hydroxylation is 2. The molecule has 0 bridgehead atoms. The molecule has 172 valence electrons. The van der Waals surface area contributed by atoms with E-state index in [2.05, 4.69) is 15.5 Å². The molecule has 0 aliphatic heterocycles. The molecule has 3 N–H and O–H groups in total. The summed E-state index contributed by atoms with van der Waals surface area (Å²) in [5.74, 6) is -0.375. The van der Waals surface area contributed by atoms with Crippen molar-refractivity contribution >= 4 is 39.4 Å². The summed E-state index contributed by atoms with van der Waals surface area (Å²) >= 11 is 0. The van der Waals surface area contributed by atoms with Crippen LogP contribution in [0.15, 0.2) is 77.0 Å². The minimum Gasteiger partial charge on any atom is -0.508 e. The average molecular weight is 455 g/mol. The van der Waals surface area contributed by atoms with Crippen LogP contribution in [0.2, 0.25) is 0 Å². The molecule has 0 spiro atoms. The second kappa shape index (κ2) is 9.23.